The number of fused-ring (bicyclic) bond motifs is 1. The summed E-state index contributed by atoms with van der Waals surface area (Å²) in [7, 11) is 2.87. The molecule has 7 heteroatoms. The van der Waals surface area contributed by atoms with Crippen LogP contribution in [0.4, 0.5) is 4.39 Å². The maximum atomic E-state index is 13.7. The Bertz CT molecular complexity index is 877. The van der Waals surface area contributed by atoms with Crippen LogP contribution in [0.5, 0.6) is 23.0 Å². The van der Waals surface area contributed by atoms with Crippen LogP contribution in [-0.4, -0.2) is 39.0 Å². The third-order valence-corrected chi connectivity index (χ3v) is 4.21. The van der Waals surface area contributed by atoms with E-state index in [2.05, 4.69) is 0 Å². The maximum absolute atomic E-state index is 13.7. The summed E-state index contributed by atoms with van der Waals surface area (Å²) >= 11 is 0. The Balaban J connectivity index is 1.84. The van der Waals surface area contributed by atoms with E-state index in [1.54, 1.807) is 6.07 Å². The van der Waals surface area contributed by atoms with E-state index < -0.39 is 11.6 Å². The Kier molecular flexibility index (Phi) is 5.59. The molecule has 1 aliphatic rings. The van der Waals surface area contributed by atoms with Gasteiger partial charge in [-0.15, -0.1) is 0 Å². The van der Waals surface area contributed by atoms with Crippen LogP contribution in [0.1, 0.15) is 33.6 Å². The second-order valence-electron chi connectivity index (χ2n) is 5.84. The molecule has 2 aromatic rings. The van der Waals surface area contributed by atoms with Crippen LogP contribution in [0.2, 0.25) is 0 Å². The first-order chi connectivity index (χ1) is 13.1. The molecule has 0 amide bonds. The first-order valence-electron chi connectivity index (χ1n) is 8.42. The molecule has 1 heterocycles. The Labute approximate surface area is 155 Å². The number of ketones is 2. The normalized spacial score (nSPS) is 12.4. The first kappa shape index (κ1) is 18.7. The van der Waals surface area contributed by atoms with E-state index in [1.807, 2.05) is 0 Å². The highest BCUT2D eigenvalue weighted by Crippen LogP contribution is 2.48. The topological polar surface area (TPSA) is 71.1 Å². The average Bonchev–Trinajstić information content (AvgIpc) is 2.70. The summed E-state index contributed by atoms with van der Waals surface area (Å²) in [6.07, 6.45) is -0.230. The standard InChI is InChI=1S/C20H19FO6/c1-24-17-11-13(18(25-2)20-19(17)26-9-10-27-20)16(23)8-7-15(22)12-5-3-4-6-14(12)21/h3-6,11H,7-10H2,1-2H3. The molecule has 0 fully saturated rings. The Morgan fingerprint density at radius 3 is 2.22 bits per heavy atom. The van der Waals surface area contributed by atoms with Crippen LogP contribution < -0.4 is 18.9 Å². The molecule has 2 aromatic carbocycles. The number of carbonyl (C=O) groups excluding carboxylic acids is 2. The van der Waals surface area contributed by atoms with Crippen molar-refractivity contribution in [3.05, 3.63) is 47.3 Å². The van der Waals surface area contributed by atoms with Gasteiger partial charge in [-0.2, -0.15) is 0 Å². The average molecular weight is 374 g/mol. The lowest BCUT2D eigenvalue weighted by atomic mass is 9.99. The number of hydrogen-bond acceptors (Lipinski definition) is 6. The molecule has 0 spiro atoms. The molecule has 0 radical (unpaired) electrons. The smallest absolute Gasteiger partial charge is 0.208 e. The molecule has 0 unspecified atom stereocenters. The van der Waals surface area contributed by atoms with Crippen molar-refractivity contribution in [2.75, 3.05) is 27.4 Å². The van der Waals surface area contributed by atoms with E-state index >= 15 is 0 Å². The third-order valence-electron chi connectivity index (χ3n) is 4.21. The number of Topliss-reactive ketones (excluding diaryl/α,β-unsaturated/α-hetero) is 2. The number of rotatable bonds is 7. The lowest BCUT2D eigenvalue weighted by molar-refractivity contribution is 0.0912. The van der Waals surface area contributed by atoms with E-state index in [0.29, 0.717) is 30.5 Å². The van der Waals surface area contributed by atoms with E-state index in [-0.39, 0.29) is 35.5 Å². The molecule has 6 nitrogen and oxygen atoms in total. The molecule has 0 aromatic heterocycles. The van der Waals surface area contributed by atoms with Gasteiger partial charge in [-0.05, 0) is 18.2 Å². The minimum atomic E-state index is -0.603. The van der Waals surface area contributed by atoms with E-state index in [0.717, 1.165) is 0 Å². The van der Waals surface area contributed by atoms with Crippen LogP contribution >= 0.6 is 0 Å². The number of benzene rings is 2. The number of halogens is 1. The number of hydrogen-bond donors (Lipinski definition) is 0. The summed E-state index contributed by atoms with van der Waals surface area (Å²) in [5.41, 5.74) is 0.192. The van der Waals surface area contributed by atoms with Gasteiger partial charge in [0.15, 0.2) is 23.1 Å². The Hall–Kier alpha value is -3.09. The van der Waals surface area contributed by atoms with Gasteiger partial charge in [0, 0.05) is 12.8 Å². The molecule has 0 bridgehead atoms. The quantitative estimate of drug-likeness (QED) is 0.691. The molecule has 0 saturated carbocycles. The minimum Gasteiger partial charge on any atom is -0.493 e. The summed E-state index contributed by atoms with van der Waals surface area (Å²) in [6.45, 7) is 0.673. The monoisotopic (exact) mass is 374 g/mol. The van der Waals surface area contributed by atoms with Gasteiger partial charge in [0.05, 0.1) is 25.3 Å². The Morgan fingerprint density at radius 2 is 1.59 bits per heavy atom. The fraction of sp³-hybridized carbons (Fsp3) is 0.300. The van der Waals surface area contributed by atoms with Gasteiger partial charge < -0.3 is 18.9 Å². The zero-order valence-electron chi connectivity index (χ0n) is 15.0. The summed E-state index contributed by atoms with van der Waals surface area (Å²) in [4.78, 5) is 24.9. The molecule has 3 rings (SSSR count). The van der Waals surface area contributed by atoms with Crippen molar-refractivity contribution < 1.29 is 32.9 Å². The van der Waals surface area contributed by atoms with E-state index in [1.165, 1.54) is 38.5 Å². The fourth-order valence-corrected chi connectivity index (χ4v) is 2.90. The molecule has 0 aliphatic carbocycles. The number of ether oxygens (including phenoxy) is 4. The zero-order chi connectivity index (χ0) is 19.4. The first-order valence-corrected chi connectivity index (χ1v) is 8.42. The van der Waals surface area contributed by atoms with E-state index in [4.69, 9.17) is 18.9 Å². The molecule has 27 heavy (non-hydrogen) atoms. The van der Waals surface area contributed by atoms with Crippen molar-refractivity contribution in [1.29, 1.82) is 0 Å². The Morgan fingerprint density at radius 1 is 0.963 bits per heavy atom. The van der Waals surface area contributed by atoms with Crippen molar-refractivity contribution in [3.63, 3.8) is 0 Å². The largest absolute Gasteiger partial charge is 0.493 e. The van der Waals surface area contributed by atoms with Gasteiger partial charge >= 0.3 is 0 Å². The molecular weight excluding hydrogens is 355 g/mol. The van der Waals surface area contributed by atoms with Gasteiger partial charge in [-0.3, -0.25) is 9.59 Å². The predicted octanol–water partition coefficient (Wildman–Crippen LogP) is 3.46. The van der Waals surface area contributed by atoms with Crippen LogP contribution in [0, 0.1) is 5.82 Å². The van der Waals surface area contributed by atoms with Crippen molar-refractivity contribution in [2.24, 2.45) is 0 Å². The third kappa shape index (κ3) is 3.72. The second-order valence-corrected chi connectivity index (χ2v) is 5.84. The molecule has 1 aliphatic heterocycles. The second kappa shape index (κ2) is 8.07. The van der Waals surface area contributed by atoms with Crippen LogP contribution in [0.15, 0.2) is 30.3 Å². The van der Waals surface area contributed by atoms with Gasteiger partial charge in [-0.1, -0.05) is 12.1 Å². The van der Waals surface area contributed by atoms with Crippen LogP contribution in [0.25, 0.3) is 0 Å². The van der Waals surface area contributed by atoms with Gasteiger partial charge in [-0.25, -0.2) is 4.39 Å². The lowest BCUT2D eigenvalue weighted by Crippen LogP contribution is -2.18. The van der Waals surface area contributed by atoms with Crippen LogP contribution in [-0.2, 0) is 0 Å². The number of carbonyl (C=O) groups is 2. The fourth-order valence-electron chi connectivity index (χ4n) is 2.90. The van der Waals surface area contributed by atoms with Crippen molar-refractivity contribution in [1.82, 2.24) is 0 Å². The van der Waals surface area contributed by atoms with E-state index in [9.17, 15) is 14.0 Å². The lowest BCUT2D eigenvalue weighted by Gasteiger charge is -2.24. The highest BCUT2D eigenvalue weighted by molar-refractivity contribution is 6.04. The molecular formula is C20H19FO6. The summed E-state index contributed by atoms with van der Waals surface area (Å²) in [6, 6.07) is 7.19. The molecule has 0 saturated heterocycles. The van der Waals surface area contributed by atoms with Crippen LogP contribution in [0.3, 0.4) is 0 Å². The highest BCUT2D eigenvalue weighted by Gasteiger charge is 2.28. The van der Waals surface area contributed by atoms with Crippen molar-refractivity contribution in [3.8, 4) is 23.0 Å². The minimum absolute atomic E-state index is 0.0305. The predicted molar refractivity (Wildman–Crippen MR) is 94.8 cm³/mol. The highest BCUT2D eigenvalue weighted by atomic mass is 19.1. The van der Waals surface area contributed by atoms with Gasteiger partial charge in [0.25, 0.3) is 0 Å². The SMILES string of the molecule is COc1cc(C(=O)CCC(=O)c2ccccc2F)c(OC)c2c1OCCO2. The zero-order valence-corrected chi connectivity index (χ0v) is 15.0. The van der Waals surface area contributed by atoms with Crippen molar-refractivity contribution in [2.45, 2.75) is 12.8 Å². The summed E-state index contributed by atoms with van der Waals surface area (Å²) in [5.74, 6) is -0.139. The molecule has 142 valence electrons. The number of methoxy groups -OCH3 is 2. The maximum Gasteiger partial charge on any atom is 0.208 e. The van der Waals surface area contributed by atoms with Gasteiger partial charge in [0.1, 0.15) is 19.0 Å². The van der Waals surface area contributed by atoms with Gasteiger partial charge in [0.2, 0.25) is 11.5 Å². The van der Waals surface area contributed by atoms with Crippen molar-refractivity contribution >= 4 is 11.6 Å². The molecule has 0 N–H and O–H groups in total. The summed E-state index contributed by atoms with van der Waals surface area (Å²) in [5, 5.41) is 0. The molecule has 0 atom stereocenters. The summed E-state index contributed by atoms with van der Waals surface area (Å²) < 4.78 is 35.5.